The second-order valence-electron chi connectivity index (χ2n) is 9.30. The fraction of sp³-hybridized carbons (Fsp3) is 0.138. The van der Waals surface area contributed by atoms with Crippen molar-refractivity contribution in [3.63, 3.8) is 0 Å². The smallest absolute Gasteiger partial charge is 0.181 e. The maximum atomic E-state index is 4.64. The Morgan fingerprint density at radius 2 is 2.00 bits per heavy atom. The van der Waals surface area contributed by atoms with Gasteiger partial charge in [0.2, 0.25) is 0 Å². The maximum absolute atomic E-state index is 4.64. The number of aromatic amines is 2. The normalized spacial score (nSPS) is 13.6. The number of pyridine rings is 3. The summed E-state index contributed by atoms with van der Waals surface area (Å²) in [7, 11) is 0. The minimum Gasteiger partial charge on any atom is -0.358 e. The van der Waals surface area contributed by atoms with E-state index < -0.39 is 0 Å². The quantitative estimate of drug-likeness (QED) is 0.286. The first-order chi connectivity index (χ1) is 18.1. The topological polar surface area (TPSA) is 108 Å². The predicted octanol–water partition coefficient (Wildman–Crippen LogP) is 5.67. The molecule has 0 aromatic carbocycles. The highest BCUT2D eigenvalue weighted by Crippen LogP contribution is 2.33. The monoisotopic (exact) mass is 486 g/mol. The molecule has 3 N–H and O–H groups in total. The number of hydrogen-bond acceptors (Lipinski definition) is 6. The molecule has 182 valence electrons. The van der Waals surface area contributed by atoms with Crippen LogP contribution in [0.2, 0.25) is 0 Å². The van der Waals surface area contributed by atoms with Crippen LogP contribution in [0.25, 0.3) is 50.2 Å². The highest BCUT2D eigenvalue weighted by molar-refractivity contribution is 6.00. The standard InChI is InChI=1S/C29H26N8/c1-17(2)18(3)34-21-10-19(7-9-30-14-21)20-11-23-28(36-37-29(23)33-13-20)26-12-22-24(15-31-16-27(22)35-26)25-6-4-5-8-32-25/h4-8,10-17,34-35H,3,9H2,1-2H3,(H,33,36,37). The van der Waals surface area contributed by atoms with E-state index in [0.29, 0.717) is 18.1 Å². The number of hydrogen-bond donors (Lipinski definition) is 3. The van der Waals surface area contributed by atoms with Crippen molar-refractivity contribution < 1.29 is 0 Å². The summed E-state index contributed by atoms with van der Waals surface area (Å²) in [6.07, 6.45) is 13.3. The summed E-state index contributed by atoms with van der Waals surface area (Å²) in [6.45, 7) is 8.94. The molecule has 0 bridgehead atoms. The lowest BCUT2D eigenvalue weighted by Gasteiger charge is -2.13. The minimum absolute atomic E-state index is 0.321. The molecule has 8 nitrogen and oxygen atoms in total. The number of aliphatic imine (C=N–C) groups is 1. The van der Waals surface area contributed by atoms with Gasteiger partial charge in [0.05, 0.1) is 41.0 Å². The van der Waals surface area contributed by atoms with Gasteiger partial charge in [-0.05, 0) is 41.8 Å². The van der Waals surface area contributed by atoms with Crippen LogP contribution in [0.5, 0.6) is 0 Å². The van der Waals surface area contributed by atoms with Crippen LogP contribution in [0.1, 0.15) is 19.4 Å². The fourth-order valence-electron chi connectivity index (χ4n) is 4.34. The van der Waals surface area contributed by atoms with Gasteiger partial charge in [0.25, 0.3) is 0 Å². The van der Waals surface area contributed by atoms with Crippen LogP contribution in [0.15, 0.2) is 90.2 Å². The fourth-order valence-corrected chi connectivity index (χ4v) is 4.34. The number of nitrogens with one attached hydrogen (secondary N) is 3. The van der Waals surface area contributed by atoms with E-state index in [-0.39, 0.29) is 0 Å². The van der Waals surface area contributed by atoms with Crippen molar-refractivity contribution in [1.29, 1.82) is 0 Å². The Bertz CT molecular complexity index is 1720. The molecule has 0 atom stereocenters. The third-order valence-electron chi connectivity index (χ3n) is 6.46. The number of allylic oxidation sites excluding steroid dienone is 4. The second kappa shape index (κ2) is 9.31. The number of fused-ring (bicyclic) bond motifs is 2. The Morgan fingerprint density at radius 3 is 2.84 bits per heavy atom. The molecule has 5 aromatic heterocycles. The summed E-state index contributed by atoms with van der Waals surface area (Å²) < 4.78 is 0. The summed E-state index contributed by atoms with van der Waals surface area (Å²) in [5.74, 6) is 0.321. The Morgan fingerprint density at radius 1 is 1.08 bits per heavy atom. The summed E-state index contributed by atoms with van der Waals surface area (Å²) in [5.41, 5.74) is 9.09. The molecule has 6 heterocycles. The first-order valence-electron chi connectivity index (χ1n) is 12.2. The van der Waals surface area contributed by atoms with Gasteiger partial charge in [0.1, 0.15) is 0 Å². The van der Waals surface area contributed by atoms with E-state index in [9.17, 15) is 0 Å². The van der Waals surface area contributed by atoms with E-state index in [1.165, 1.54) is 0 Å². The van der Waals surface area contributed by atoms with Gasteiger partial charge in [-0.15, -0.1) is 0 Å². The first-order valence-corrected chi connectivity index (χ1v) is 12.2. The van der Waals surface area contributed by atoms with Crippen molar-refractivity contribution in [3.05, 3.63) is 90.8 Å². The Labute approximate surface area is 214 Å². The van der Waals surface area contributed by atoms with Crippen molar-refractivity contribution in [1.82, 2.24) is 35.5 Å². The van der Waals surface area contributed by atoms with Crippen LogP contribution in [0.4, 0.5) is 0 Å². The van der Waals surface area contributed by atoms with Gasteiger partial charge in [0.15, 0.2) is 5.65 Å². The van der Waals surface area contributed by atoms with E-state index in [0.717, 1.165) is 61.5 Å². The van der Waals surface area contributed by atoms with Gasteiger partial charge in [0, 0.05) is 52.4 Å². The largest absolute Gasteiger partial charge is 0.358 e. The molecule has 6 rings (SSSR count). The zero-order valence-corrected chi connectivity index (χ0v) is 20.7. The average molecular weight is 487 g/mol. The summed E-state index contributed by atoms with van der Waals surface area (Å²) >= 11 is 0. The Hall–Kier alpha value is -4.85. The van der Waals surface area contributed by atoms with Gasteiger partial charge < -0.3 is 10.3 Å². The zero-order chi connectivity index (χ0) is 25.4. The van der Waals surface area contributed by atoms with Gasteiger partial charge in [-0.25, -0.2) is 4.98 Å². The van der Waals surface area contributed by atoms with Crippen molar-refractivity contribution in [2.45, 2.75) is 13.8 Å². The molecule has 0 unspecified atom stereocenters. The second-order valence-corrected chi connectivity index (χ2v) is 9.30. The molecular formula is C29H26N8. The van der Waals surface area contributed by atoms with Crippen LogP contribution < -0.4 is 5.32 Å². The molecule has 0 spiro atoms. The number of aromatic nitrogens is 6. The molecule has 0 amide bonds. The number of nitrogens with zero attached hydrogens (tertiary/aromatic N) is 5. The van der Waals surface area contributed by atoms with E-state index >= 15 is 0 Å². The van der Waals surface area contributed by atoms with Gasteiger partial charge in [-0.2, -0.15) is 5.10 Å². The molecule has 0 saturated carbocycles. The van der Waals surface area contributed by atoms with E-state index in [4.69, 9.17) is 0 Å². The van der Waals surface area contributed by atoms with Crippen LogP contribution in [0, 0.1) is 5.92 Å². The molecule has 1 aliphatic heterocycles. The van der Waals surface area contributed by atoms with E-state index in [1.807, 2.05) is 43.0 Å². The molecule has 0 radical (unpaired) electrons. The van der Waals surface area contributed by atoms with E-state index in [1.54, 1.807) is 6.20 Å². The Kier molecular flexibility index (Phi) is 5.69. The van der Waals surface area contributed by atoms with Gasteiger partial charge >= 0.3 is 0 Å². The SMILES string of the molecule is C=C(NC1=CC(c2cnc3n[nH]c(-c4cc5c(-c6ccccn6)cncc5[nH]4)c3c2)=CCN=C1)C(C)C. The van der Waals surface area contributed by atoms with Crippen LogP contribution in [-0.4, -0.2) is 42.9 Å². The van der Waals surface area contributed by atoms with E-state index in [2.05, 4.69) is 85.2 Å². The molecule has 5 aromatic rings. The summed E-state index contributed by atoms with van der Waals surface area (Å²) in [5, 5.41) is 13.0. The molecule has 1 aliphatic rings. The van der Waals surface area contributed by atoms with Crippen molar-refractivity contribution >= 4 is 33.7 Å². The van der Waals surface area contributed by atoms with Crippen LogP contribution >= 0.6 is 0 Å². The number of H-pyrrole nitrogens is 2. The summed E-state index contributed by atoms with van der Waals surface area (Å²) in [6, 6.07) is 10.1. The van der Waals surface area contributed by atoms with Crippen LogP contribution in [0.3, 0.4) is 0 Å². The molecular weight excluding hydrogens is 460 g/mol. The molecule has 0 aliphatic carbocycles. The zero-order valence-electron chi connectivity index (χ0n) is 20.7. The highest BCUT2D eigenvalue weighted by Gasteiger charge is 2.16. The number of rotatable bonds is 6. The highest BCUT2D eigenvalue weighted by atomic mass is 15.2. The lowest BCUT2D eigenvalue weighted by molar-refractivity contribution is 0.713. The third-order valence-corrected chi connectivity index (χ3v) is 6.46. The molecule has 0 fully saturated rings. The van der Waals surface area contributed by atoms with Gasteiger partial charge in [-0.1, -0.05) is 32.6 Å². The van der Waals surface area contributed by atoms with Crippen LogP contribution in [-0.2, 0) is 0 Å². The molecule has 37 heavy (non-hydrogen) atoms. The maximum Gasteiger partial charge on any atom is 0.181 e. The minimum atomic E-state index is 0.321. The summed E-state index contributed by atoms with van der Waals surface area (Å²) in [4.78, 5) is 21.5. The third kappa shape index (κ3) is 4.33. The Balaban J connectivity index is 1.40. The van der Waals surface area contributed by atoms with Crippen molar-refractivity contribution in [2.75, 3.05) is 6.54 Å². The first kappa shape index (κ1) is 22.6. The molecule has 0 saturated heterocycles. The van der Waals surface area contributed by atoms with Crippen molar-refractivity contribution in [3.8, 4) is 22.6 Å². The van der Waals surface area contributed by atoms with Gasteiger partial charge in [-0.3, -0.25) is 20.1 Å². The predicted molar refractivity (Wildman–Crippen MR) is 149 cm³/mol. The average Bonchev–Trinajstić information content (AvgIpc) is 3.46. The molecule has 8 heteroatoms. The van der Waals surface area contributed by atoms with Crippen molar-refractivity contribution in [2.24, 2.45) is 10.9 Å². The lowest BCUT2D eigenvalue weighted by atomic mass is 10.0. The lowest BCUT2D eigenvalue weighted by Crippen LogP contribution is -2.16.